The summed E-state index contributed by atoms with van der Waals surface area (Å²) in [6.07, 6.45) is 14.6. The maximum absolute atomic E-state index is 2.49. The molecule has 0 spiro atoms. The molecule has 0 aromatic rings. The number of rotatable bonds is 5. The second-order valence-electron chi connectivity index (χ2n) is 6.17. The van der Waals surface area contributed by atoms with Gasteiger partial charge >= 0.3 is 0 Å². The Morgan fingerprint density at radius 1 is 1.31 bits per heavy atom. The maximum atomic E-state index is 2.49. The summed E-state index contributed by atoms with van der Waals surface area (Å²) in [7, 11) is 0. The Hall–Kier alpha value is -0.260. The van der Waals surface area contributed by atoms with Crippen molar-refractivity contribution in [3.8, 4) is 0 Å². The predicted molar refractivity (Wildman–Crippen MR) is 73.6 cm³/mol. The number of hydrogen-bond donors (Lipinski definition) is 0. The van der Waals surface area contributed by atoms with Crippen molar-refractivity contribution < 1.29 is 0 Å². The van der Waals surface area contributed by atoms with Gasteiger partial charge in [-0.2, -0.15) is 0 Å². The summed E-state index contributed by atoms with van der Waals surface area (Å²) in [4.78, 5) is 0. The fraction of sp³-hybridized carbons (Fsp3) is 0.875. The zero-order valence-corrected chi connectivity index (χ0v) is 11.8. The van der Waals surface area contributed by atoms with Gasteiger partial charge in [0.15, 0.2) is 0 Å². The molecule has 2 unspecified atom stereocenters. The predicted octanol–water partition coefficient (Wildman–Crippen LogP) is 5.59. The van der Waals surface area contributed by atoms with E-state index in [2.05, 4.69) is 39.8 Å². The molecule has 0 aromatic heterocycles. The Kier molecular flexibility index (Phi) is 5.58. The van der Waals surface area contributed by atoms with Crippen LogP contribution in [-0.2, 0) is 0 Å². The molecule has 0 heterocycles. The topological polar surface area (TPSA) is 0 Å². The van der Waals surface area contributed by atoms with Gasteiger partial charge in [-0.3, -0.25) is 0 Å². The van der Waals surface area contributed by atoms with Crippen molar-refractivity contribution in [1.82, 2.24) is 0 Å². The summed E-state index contributed by atoms with van der Waals surface area (Å²) in [5.41, 5.74) is 0.556. The quantitative estimate of drug-likeness (QED) is 0.532. The van der Waals surface area contributed by atoms with Crippen LogP contribution in [0.1, 0.15) is 72.6 Å². The van der Waals surface area contributed by atoms with E-state index in [1.807, 2.05) is 0 Å². The third-order valence-corrected chi connectivity index (χ3v) is 4.89. The summed E-state index contributed by atoms with van der Waals surface area (Å²) in [6, 6.07) is 0. The van der Waals surface area contributed by atoms with Gasteiger partial charge in [-0.15, -0.1) is 0 Å². The first-order chi connectivity index (χ1) is 7.58. The Morgan fingerprint density at radius 2 is 2.06 bits per heavy atom. The second kappa shape index (κ2) is 6.47. The highest BCUT2D eigenvalue weighted by Gasteiger charge is 2.26. The van der Waals surface area contributed by atoms with E-state index in [-0.39, 0.29) is 0 Å². The van der Waals surface area contributed by atoms with Crippen LogP contribution in [-0.4, -0.2) is 0 Å². The molecule has 0 bridgehead atoms. The Balaban J connectivity index is 2.42. The molecule has 2 atom stereocenters. The molecule has 0 saturated heterocycles. The third-order valence-electron chi connectivity index (χ3n) is 4.89. The van der Waals surface area contributed by atoms with E-state index in [4.69, 9.17) is 0 Å². The van der Waals surface area contributed by atoms with E-state index in [1.165, 1.54) is 44.9 Å². The highest BCUT2D eigenvalue weighted by molar-refractivity contribution is 4.92. The molecule has 0 heteroatoms. The van der Waals surface area contributed by atoms with Gasteiger partial charge in [-0.25, -0.2) is 0 Å². The van der Waals surface area contributed by atoms with E-state index in [1.54, 1.807) is 0 Å². The van der Waals surface area contributed by atoms with E-state index < -0.39 is 0 Å². The smallest absolute Gasteiger partial charge is 0.0233 e. The molecule has 94 valence electrons. The molecule has 1 aliphatic carbocycles. The maximum Gasteiger partial charge on any atom is -0.0233 e. The summed E-state index contributed by atoms with van der Waals surface area (Å²) in [5, 5.41) is 0. The van der Waals surface area contributed by atoms with Crippen LogP contribution >= 0.6 is 0 Å². The lowest BCUT2D eigenvalue weighted by Gasteiger charge is -2.34. The minimum Gasteiger partial charge on any atom is -0.0883 e. The number of hydrogen-bond acceptors (Lipinski definition) is 0. The van der Waals surface area contributed by atoms with Crippen molar-refractivity contribution in [2.45, 2.75) is 72.6 Å². The van der Waals surface area contributed by atoms with Crippen molar-refractivity contribution >= 4 is 0 Å². The van der Waals surface area contributed by atoms with Crippen LogP contribution in [0.25, 0.3) is 0 Å². The monoisotopic (exact) mass is 222 g/mol. The zero-order chi connectivity index (χ0) is 12.0. The normalized spacial score (nSPS) is 25.4. The standard InChI is InChI=1S/C16H30/c1-5-16(4,14(2)3)13-12-15-10-8-6-7-9-11-15/h8,10,14-15H,5-7,9,11-13H2,1-4H3. The number of allylic oxidation sites excluding steroid dienone is 2. The van der Waals surface area contributed by atoms with Gasteiger partial charge in [0.1, 0.15) is 0 Å². The summed E-state index contributed by atoms with van der Waals surface area (Å²) < 4.78 is 0. The van der Waals surface area contributed by atoms with E-state index in [0.29, 0.717) is 5.41 Å². The minimum atomic E-state index is 0.556. The molecule has 0 N–H and O–H groups in total. The molecule has 0 amide bonds. The molecule has 0 aliphatic heterocycles. The average molecular weight is 222 g/mol. The van der Waals surface area contributed by atoms with Crippen LogP contribution in [0.4, 0.5) is 0 Å². The summed E-state index contributed by atoms with van der Waals surface area (Å²) in [5.74, 6) is 1.68. The molecule has 0 nitrogen and oxygen atoms in total. The van der Waals surface area contributed by atoms with Crippen molar-refractivity contribution in [1.29, 1.82) is 0 Å². The lowest BCUT2D eigenvalue weighted by atomic mass is 9.72. The fourth-order valence-electron chi connectivity index (χ4n) is 2.68. The Morgan fingerprint density at radius 3 is 2.69 bits per heavy atom. The van der Waals surface area contributed by atoms with Crippen molar-refractivity contribution in [3.63, 3.8) is 0 Å². The molecule has 0 saturated carbocycles. The summed E-state index contributed by atoms with van der Waals surface area (Å²) >= 11 is 0. The zero-order valence-electron chi connectivity index (χ0n) is 11.8. The Bertz CT molecular complexity index is 214. The van der Waals surface area contributed by atoms with Gasteiger partial charge in [0, 0.05) is 0 Å². The molecule has 0 fully saturated rings. The van der Waals surface area contributed by atoms with E-state index in [9.17, 15) is 0 Å². The van der Waals surface area contributed by atoms with Crippen molar-refractivity contribution in [2.24, 2.45) is 17.3 Å². The third kappa shape index (κ3) is 3.96. The molecule has 0 aromatic carbocycles. The second-order valence-corrected chi connectivity index (χ2v) is 6.17. The van der Waals surface area contributed by atoms with E-state index >= 15 is 0 Å². The van der Waals surface area contributed by atoms with Gasteiger partial charge in [0.25, 0.3) is 0 Å². The van der Waals surface area contributed by atoms with Crippen LogP contribution in [0, 0.1) is 17.3 Å². The molecular formula is C16H30. The lowest BCUT2D eigenvalue weighted by molar-refractivity contribution is 0.177. The SMILES string of the molecule is CCC(C)(CCC1C=CCCCC1)C(C)C. The van der Waals surface area contributed by atoms with Crippen LogP contribution in [0.5, 0.6) is 0 Å². The van der Waals surface area contributed by atoms with E-state index in [0.717, 1.165) is 11.8 Å². The van der Waals surface area contributed by atoms with Gasteiger partial charge < -0.3 is 0 Å². The summed E-state index contributed by atoms with van der Waals surface area (Å²) in [6.45, 7) is 9.58. The van der Waals surface area contributed by atoms with Crippen LogP contribution in [0.15, 0.2) is 12.2 Å². The largest absolute Gasteiger partial charge is 0.0883 e. The van der Waals surface area contributed by atoms with Crippen LogP contribution < -0.4 is 0 Å². The highest BCUT2D eigenvalue weighted by atomic mass is 14.3. The molecule has 0 radical (unpaired) electrons. The fourth-order valence-corrected chi connectivity index (χ4v) is 2.68. The van der Waals surface area contributed by atoms with Gasteiger partial charge in [0.05, 0.1) is 0 Å². The Labute approximate surface area is 103 Å². The van der Waals surface area contributed by atoms with Crippen LogP contribution in [0.2, 0.25) is 0 Å². The van der Waals surface area contributed by atoms with Gasteiger partial charge in [-0.1, -0.05) is 52.7 Å². The minimum absolute atomic E-state index is 0.556. The van der Waals surface area contributed by atoms with Gasteiger partial charge in [-0.05, 0) is 49.4 Å². The first-order valence-electron chi connectivity index (χ1n) is 7.25. The average Bonchev–Trinajstić information content (AvgIpc) is 2.54. The highest BCUT2D eigenvalue weighted by Crippen LogP contribution is 2.37. The van der Waals surface area contributed by atoms with Crippen molar-refractivity contribution in [2.75, 3.05) is 0 Å². The molecule has 1 rings (SSSR count). The first-order valence-corrected chi connectivity index (χ1v) is 7.25. The van der Waals surface area contributed by atoms with Crippen molar-refractivity contribution in [3.05, 3.63) is 12.2 Å². The first kappa shape index (κ1) is 13.8. The lowest BCUT2D eigenvalue weighted by Crippen LogP contribution is -2.23. The molecule has 16 heavy (non-hydrogen) atoms. The molecule has 1 aliphatic rings. The molecular weight excluding hydrogens is 192 g/mol. The van der Waals surface area contributed by atoms with Crippen LogP contribution in [0.3, 0.4) is 0 Å². The van der Waals surface area contributed by atoms with Gasteiger partial charge in [0.2, 0.25) is 0 Å².